The number of likely N-dealkylation sites (tertiary alicyclic amines) is 1. The van der Waals surface area contributed by atoms with E-state index in [2.05, 4.69) is 4.99 Å². The number of alkyl halides is 3. The molecule has 1 aromatic rings. The van der Waals surface area contributed by atoms with Gasteiger partial charge in [-0.15, -0.1) is 0 Å². The molecular weight excluding hydrogens is 437 g/mol. The number of benzene rings is 1. The first-order chi connectivity index (χ1) is 15.7. The van der Waals surface area contributed by atoms with Crippen LogP contribution in [0.15, 0.2) is 40.5 Å². The first kappa shape index (κ1) is 24.8. The normalized spacial score (nSPS) is 21.2. The molecule has 0 aromatic heterocycles. The maximum atomic E-state index is 14.0. The van der Waals surface area contributed by atoms with Gasteiger partial charge in [0.25, 0.3) is 0 Å². The van der Waals surface area contributed by atoms with Crippen LogP contribution in [-0.4, -0.2) is 49.0 Å². The molecule has 0 radical (unpaired) electrons. The molecule has 6 nitrogen and oxygen atoms in total. The van der Waals surface area contributed by atoms with E-state index < -0.39 is 35.5 Å². The van der Waals surface area contributed by atoms with Crippen LogP contribution in [0.3, 0.4) is 0 Å². The van der Waals surface area contributed by atoms with Crippen LogP contribution in [0.25, 0.3) is 0 Å². The second-order valence-electron chi connectivity index (χ2n) is 7.89. The summed E-state index contributed by atoms with van der Waals surface area (Å²) in [6, 6.07) is 5.05. The van der Waals surface area contributed by atoms with E-state index in [4.69, 9.17) is 9.47 Å². The predicted molar refractivity (Wildman–Crippen MR) is 117 cm³/mol. The molecule has 0 saturated carbocycles. The van der Waals surface area contributed by atoms with Gasteiger partial charge in [0.1, 0.15) is 11.8 Å². The van der Waals surface area contributed by atoms with E-state index in [-0.39, 0.29) is 24.4 Å². The Morgan fingerprint density at radius 3 is 2.27 bits per heavy atom. The Morgan fingerprint density at radius 1 is 1.06 bits per heavy atom. The summed E-state index contributed by atoms with van der Waals surface area (Å²) in [6.07, 6.45) is -2.61. The lowest BCUT2D eigenvalue weighted by atomic mass is 9.74. The zero-order valence-electron chi connectivity index (χ0n) is 19.1. The summed E-state index contributed by atoms with van der Waals surface area (Å²) in [7, 11) is 0. The molecule has 1 fully saturated rings. The van der Waals surface area contributed by atoms with Crippen molar-refractivity contribution in [1.82, 2.24) is 4.90 Å². The minimum absolute atomic E-state index is 0.0166. The number of carbonyl (C=O) groups is 2. The predicted octanol–water partition coefficient (Wildman–Crippen LogP) is 4.70. The van der Waals surface area contributed by atoms with E-state index in [0.29, 0.717) is 31.0 Å². The highest BCUT2D eigenvalue weighted by Gasteiger charge is 2.49. The minimum atomic E-state index is -4.68. The number of ether oxygens (including phenoxy) is 2. The van der Waals surface area contributed by atoms with Gasteiger partial charge in [-0.3, -0.25) is 4.79 Å². The highest BCUT2D eigenvalue weighted by Crippen LogP contribution is 2.46. The molecule has 180 valence electrons. The van der Waals surface area contributed by atoms with Crippen molar-refractivity contribution in [3.8, 4) is 0 Å². The molecule has 2 atom stereocenters. The summed E-state index contributed by atoms with van der Waals surface area (Å²) in [5, 5.41) is 0. The summed E-state index contributed by atoms with van der Waals surface area (Å²) in [6.45, 7) is 6.38. The van der Waals surface area contributed by atoms with Crippen LogP contribution in [0.2, 0.25) is 0 Å². The summed E-state index contributed by atoms with van der Waals surface area (Å²) >= 11 is 0. The third-order valence-electron chi connectivity index (χ3n) is 5.88. The number of esters is 2. The van der Waals surface area contributed by atoms with E-state index in [9.17, 15) is 22.8 Å². The summed E-state index contributed by atoms with van der Waals surface area (Å²) < 4.78 is 52.7. The number of carbonyl (C=O) groups excluding carboxylic acids is 2. The van der Waals surface area contributed by atoms with E-state index in [1.54, 1.807) is 20.8 Å². The molecule has 0 N–H and O–H groups in total. The van der Waals surface area contributed by atoms with E-state index in [1.165, 1.54) is 18.2 Å². The zero-order chi connectivity index (χ0) is 24.2. The molecule has 0 spiro atoms. The second kappa shape index (κ2) is 10.4. The Labute approximate surface area is 191 Å². The number of rotatable bonds is 6. The largest absolute Gasteiger partial charge is 0.465 e. The molecule has 0 aliphatic carbocycles. The van der Waals surface area contributed by atoms with Crippen LogP contribution in [-0.2, 0) is 25.2 Å². The average molecular weight is 467 g/mol. The van der Waals surface area contributed by atoms with Crippen molar-refractivity contribution in [3.05, 3.63) is 46.7 Å². The number of amidine groups is 1. The molecule has 1 aromatic carbocycles. The fraction of sp³-hybridized carbons (Fsp3) is 0.542. The highest BCUT2D eigenvalue weighted by atomic mass is 19.4. The number of aliphatic imine (C=N–C) groups is 1. The van der Waals surface area contributed by atoms with Crippen LogP contribution in [0.4, 0.5) is 13.2 Å². The molecule has 9 heteroatoms. The minimum Gasteiger partial charge on any atom is -0.465 e. The lowest BCUT2D eigenvalue weighted by Crippen LogP contribution is -2.45. The summed E-state index contributed by atoms with van der Waals surface area (Å²) in [4.78, 5) is 32.9. The number of allylic oxidation sites excluding steroid dienone is 1. The molecule has 2 aliphatic heterocycles. The van der Waals surface area contributed by atoms with E-state index >= 15 is 0 Å². The van der Waals surface area contributed by atoms with Crippen LogP contribution < -0.4 is 0 Å². The average Bonchev–Trinajstić information content (AvgIpc) is 3.32. The second-order valence-corrected chi connectivity index (χ2v) is 7.89. The number of hydrogen-bond acceptors (Lipinski definition) is 6. The summed E-state index contributed by atoms with van der Waals surface area (Å²) in [5.41, 5.74) is -0.747. The zero-order valence-corrected chi connectivity index (χ0v) is 19.1. The van der Waals surface area contributed by atoms with Gasteiger partial charge in [-0.25, -0.2) is 9.79 Å². The maximum absolute atomic E-state index is 14.0. The first-order valence-electron chi connectivity index (χ1n) is 11.3. The standard InChI is InChI=1S/C24H29F3N2O4/c1-4-17-19(22(30)32-5-2)18(15-11-7-8-12-16(15)24(25,26)27)20(23(31)33-6-3)21(28-17)29-13-9-10-14-29/h7-8,11-12,18,20H,4-6,9-10,13-14H2,1-3H3. The van der Waals surface area contributed by atoms with Crippen molar-refractivity contribution in [2.24, 2.45) is 10.9 Å². The third kappa shape index (κ3) is 5.07. The molecule has 0 amide bonds. The van der Waals surface area contributed by atoms with Crippen molar-refractivity contribution in [3.63, 3.8) is 0 Å². The smallest absolute Gasteiger partial charge is 0.416 e. The Hall–Kier alpha value is -2.84. The molecule has 3 rings (SSSR count). The van der Waals surface area contributed by atoms with E-state index in [0.717, 1.165) is 18.9 Å². The van der Waals surface area contributed by atoms with E-state index in [1.807, 2.05) is 4.90 Å². The van der Waals surface area contributed by atoms with Crippen molar-refractivity contribution < 1.29 is 32.2 Å². The van der Waals surface area contributed by atoms with Gasteiger partial charge in [-0.1, -0.05) is 25.1 Å². The van der Waals surface area contributed by atoms with Crippen molar-refractivity contribution in [1.29, 1.82) is 0 Å². The molecule has 2 heterocycles. The van der Waals surface area contributed by atoms with Crippen LogP contribution >= 0.6 is 0 Å². The fourth-order valence-electron chi connectivity index (χ4n) is 4.54. The van der Waals surface area contributed by atoms with Gasteiger partial charge in [0.15, 0.2) is 0 Å². The van der Waals surface area contributed by atoms with Crippen LogP contribution in [0, 0.1) is 5.92 Å². The van der Waals surface area contributed by atoms with Crippen molar-refractivity contribution >= 4 is 17.8 Å². The topological polar surface area (TPSA) is 68.2 Å². The van der Waals surface area contributed by atoms with Gasteiger partial charge < -0.3 is 14.4 Å². The maximum Gasteiger partial charge on any atom is 0.416 e. The van der Waals surface area contributed by atoms with Gasteiger partial charge in [0.05, 0.1) is 30.0 Å². The first-order valence-corrected chi connectivity index (χ1v) is 11.3. The molecule has 33 heavy (non-hydrogen) atoms. The number of nitrogens with zero attached hydrogens (tertiary/aromatic N) is 2. The lowest BCUT2D eigenvalue weighted by molar-refractivity contribution is -0.147. The highest BCUT2D eigenvalue weighted by molar-refractivity contribution is 6.07. The molecule has 1 saturated heterocycles. The monoisotopic (exact) mass is 466 g/mol. The number of halogens is 3. The van der Waals surface area contributed by atoms with Gasteiger partial charge in [-0.2, -0.15) is 13.2 Å². The fourth-order valence-corrected chi connectivity index (χ4v) is 4.54. The third-order valence-corrected chi connectivity index (χ3v) is 5.88. The molecular formula is C24H29F3N2O4. The quantitative estimate of drug-likeness (QED) is 0.569. The Bertz CT molecular complexity index is 949. The Balaban J connectivity index is 2.32. The van der Waals surface area contributed by atoms with Crippen molar-refractivity contribution in [2.45, 2.75) is 52.1 Å². The molecule has 2 unspecified atom stereocenters. The van der Waals surface area contributed by atoms with Gasteiger partial charge in [0.2, 0.25) is 0 Å². The van der Waals surface area contributed by atoms with Crippen LogP contribution in [0.5, 0.6) is 0 Å². The number of hydrogen-bond donors (Lipinski definition) is 0. The Morgan fingerprint density at radius 2 is 1.70 bits per heavy atom. The van der Waals surface area contributed by atoms with Crippen molar-refractivity contribution in [2.75, 3.05) is 26.3 Å². The Kier molecular flexibility index (Phi) is 7.81. The molecule has 0 bridgehead atoms. The SMILES string of the molecule is CCOC(=O)C1=C(CC)N=C(N2CCCC2)C(C(=O)OCC)C1c1ccccc1C(F)(F)F. The lowest BCUT2D eigenvalue weighted by Gasteiger charge is -2.37. The molecule has 2 aliphatic rings. The van der Waals surface area contributed by atoms with Gasteiger partial charge in [-0.05, 0) is 44.7 Å². The summed E-state index contributed by atoms with van der Waals surface area (Å²) in [5.74, 6) is -3.54. The van der Waals surface area contributed by atoms with Crippen LogP contribution in [0.1, 0.15) is 57.1 Å². The van der Waals surface area contributed by atoms with Gasteiger partial charge in [0, 0.05) is 19.0 Å². The van der Waals surface area contributed by atoms with Gasteiger partial charge >= 0.3 is 18.1 Å².